The first kappa shape index (κ1) is 33.9. The molecule has 0 aliphatic carbocycles. The minimum atomic E-state index is 0.490. The smallest absolute Gasteiger partial charge is 0.0408 e. The predicted molar refractivity (Wildman–Crippen MR) is 158 cm³/mol. The molecule has 0 saturated carbocycles. The Morgan fingerprint density at radius 2 is 1.59 bits per heavy atom. The summed E-state index contributed by atoms with van der Waals surface area (Å²) in [5, 5.41) is 0.823. The van der Waals surface area contributed by atoms with E-state index in [2.05, 4.69) is 118 Å². The molecule has 2 aromatic rings. The van der Waals surface area contributed by atoms with Crippen LogP contribution in [0.15, 0.2) is 66.3 Å². The van der Waals surface area contributed by atoms with Crippen molar-refractivity contribution in [2.24, 2.45) is 5.92 Å². The number of halogens is 1. The van der Waals surface area contributed by atoms with Gasteiger partial charge in [-0.1, -0.05) is 119 Å². The third-order valence-corrected chi connectivity index (χ3v) is 5.78. The Hall–Kier alpha value is -2.23. The van der Waals surface area contributed by atoms with Crippen LogP contribution >= 0.6 is 11.6 Å². The number of hydrogen-bond donors (Lipinski definition) is 0. The molecule has 188 valence electrons. The fourth-order valence-corrected chi connectivity index (χ4v) is 3.32. The second-order valence-corrected chi connectivity index (χ2v) is 9.82. The molecule has 1 unspecified atom stereocenters. The fraction of sp³-hybridized carbons (Fsp3) is 0.455. The summed E-state index contributed by atoms with van der Waals surface area (Å²) in [5.41, 5.74) is 8.02. The van der Waals surface area contributed by atoms with Gasteiger partial charge in [-0.15, -0.1) is 12.8 Å². The highest BCUT2D eigenvalue weighted by atomic mass is 35.5. The first-order chi connectivity index (χ1) is 16.0. The molecule has 0 spiro atoms. The largest absolute Gasteiger partial charge is 0.124 e. The van der Waals surface area contributed by atoms with Gasteiger partial charge < -0.3 is 0 Å². The van der Waals surface area contributed by atoms with Gasteiger partial charge in [0.25, 0.3) is 0 Å². The first-order valence-corrected chi connectivity index (χ1v) is 12.8. The van der Waals surface area contributed by atoms with Crippen LogP contribution in [0, 0.1) is 32.6 Å². The zero-order chi connectivity index (χ0) is 26.7. The van der Waals surface area contributed by atoms with Gasteiger partial charge in [-0.25, -0.2) is 0 Å². The van der Waals surface area contributed by atoms with E-state index in [1.54, 1.807) is 0 Å². The Labute approximate surface area is 217 Å². The lowest BCUT2D eigenvalue weighted by Crippen LogP contribution is -1.98. The van der Waals surface area contributed by atoms with E-state index in [-0.39, 0.29) is 0 Å². The Bertz CT molecular complexity index is 867. The third kappa shape index (κ3) is 16.4. The number of allylic oxidation sites excluding steroid dienone is 3. The lowest BCUT2D eigenvalue weighted by molar-refractivity contribution is 0.626. The number of hydrogen-bond acceptors (Lipinski definition) is 0. The quantitative estimate of drug-likeness (QED) is 0.273. The molecular weight excluding hydrogens is 432 g/mol. The van der Waals surface area contributed by atoms with Crippen LogP contribution in [0.5, 0.6) is 0 Å². The lowest BCUT2D eigenvalue weighted by atomic mass is 9.90. The van der Waals surface area contributed by atoms with Crippen molar-refractivity contribution in [1.29, 1.82) is 0 Å². The molecule has 0 N–H and O–H groups in total. The molecule has 0 amide bonds. The second kappa shape index (κ2) is 20.2. The topological polar surface area (TPSA) is 0 Å². The van der Waals surface area contributed by atoms with Gasteiger partial charge in [0.15, 0.2) is 0 Å². The van der Waals surface area contributed by atoms with Crippen molar-refractivity contribution in [3.05, 3.63) is 93.5 Å². The van der Waals surface area contributed by atoms with E-state index < -0.39 is 0 Å². The average molecular weight is 481 g/mol. The molecule has 0 bridgehead atoms. The molecule has 1 heteroatoms. The molecular formula is C33H49Cl. The SMILES string of the molecule is C#C.C=C(C)Cc1cccc(C)c1.CCC(C)C.CCC/C=C(\C)C(C)c1ccc(Cl)cc1C. The molecule has 0 nitrogen and oxygen atoms in total. The Kier molecular flexibility index (Phi) is 20.1. The monoisotopic (exact) mass is 480 g/mol. The summed E-state index contributed by atoms with van der Waals surface area (Å²) >= 11 is 5.97. The number of aryl methyl sites for hydroxylation is 2. The van der Waals surface area contributed by atoms with Crippen LogP contribution < -0.4 is 0 Å². The number of unbranched alkanes of at least 4 members (excludes halogenated alkanes) is 1. The number of rotatable bonds is 7. The molecule has 34 heavy (non-hydrogen) atoms. The van der Waals surface area contributed by atoms with Crippen LogP contribution in [-0.2, 0) is 6.42 Å². The van der Waals surface area contributed by atoms with E-state index in [1.807, 2.05) is 12.1 Å². The van der Waals surface area contributed by atoms with Gasteiger partial charge in [0, 0.05) is 10.9 Å². The van der Waals surface area contributed by atoms with Crippen molar-refractivity contribution in [1.82, 2.24) is 0 Å². The molecule has 2 aromatic carbocycles. The highest BCUT2D eigenvalue weighted by Crippen LogP contribution is 2.28. The Morgan fingerprint density at radius 3 is 2.03 bits per heavy atom. The predicted octanol–water partition coefficient (Wildman–Crippen LogP) is 10.9. The van der Waals surface area contributed by atoms with Gasteiger partial charge in [-0.05, 0) is 75.3 Å². The van der Waals surface area contributed by atoms with Gasteiger partial charge >= 0.3 is 0 Å². The van der Waals surface area contributed by atoms with Gasteiger partial charge in [0.05, 0.1) is 0 Å². The summed E-state index contributed by atoms with van der Waals surface area (Å²) in [7, 11) is 0. The summed E-state index contributed by atoms with van der Waals surface area (Å²) in [6, 6.07) is 14.7. The lowest BCUT2D eigenvalue weighted by Gasteiger charge is -2.16. The standard InChI is InChI=1S/C15H21Cl.C11H14.C5H12.C2H2/c1-5-6-7-11(2)13(4)15-9-8-14(16)10-12(15)3;1-9(2)7-11-6-4-5-10(3)8-11;1-4-5(2)3;1-2/h7-10,13H,5-6H2,1-4H3;4-6,8H,1,7H2,2-3H3;5H,4H2,1-3H3;1-2H/b11-7+;;;. The van der Waals surface area contributed by atoms with Gasteiger partial charge in [-0.3, -0.25) is 0 Å². The van der Waals surface area contributed by atoms with E-state index >= 15 is 0 Å². The number of terminal acetylenes is 1. The van der Waals surface area contributed by atoms with E-state index in [9.17, 15) is 0 Å². The van der Waals surface area contributed by atoms with Crippen molar-refractivity contribution in [2.75, 3.05) is 0 Å². The van der Waals surface area contributed by atoms with Crippen LogP contribution in [-0.4, -0.2) is 0 Å². The minimum Gasteiger partial charge on any atom is -0.124 e. The van der Waals surface area contributed by atoms with Crippen molar-refractivity contribution >= 4 is 11.6 Å². The van der Waals surface area contributed by atoms with Crippen LogP contribution in [0.25, 0.3) is 0 Å². The maximum Gasteiger partial charge on any atom is 0.0408 e. The van der Waals surface area contributed by atoms with E-state index in [4.69, 9.17) is 11.6 Å². The van der Waals surface area contributed by atoms with Crippen LogP contribution in [0.2, 0.25) is 5.02 Å². The molecule has 0 aliphatic heterocycles. The summed E-state index contributed by atoms with van der Waals surface area (Å²) in [5.74, 6) is 1.37. The summed E-state index contributed by atoms with van der Waals surface area (Å²) in [6.07, 6.45) is 15.0. The second-order valence-electron chi connectivity index (χ2n) is 9.38. The van der Waals surface area contributed by atoms with Crippen molar-refractivity contribution < 1.29 is 0 Å². The highest BCUT2D eigenvalue weighted by molar-refractivity contribution is 6.30. The zero-order valence-corrected chi connectivity index (χ0v) is 24.1. The third-order valence-electron chi connectivity index (χ3n) is 5.54. The van der Waals surface area contributed by atoms with Crippen molar-refractivity contribution in [3.8, 4) is 12.8 Å². The molecule has 0 radical (unpaired) electrons. The molecule has 0 saturated heterocycles. The molecule has 2 rings (SSSR count). The van der Waals surface area contributed by atoms with Crippen LogP contribution in [0.4, 0.5) is 0 Å². The summed E-state index contributed by atoms with van der Waals surface area (Å²) < 4.78 is 0. The van der Waals surface area contributed by atoms with E-state index in [0.29, 0.717) is 5.92 Å². The van der Waals surface area contributed by atoms with E-state index in [1.165, 1.54) is 52.7 Å². The maximum absolute atomic E-state index is 5.97. The highest BCUT2D eigenvalue weighted by Gasteiger charge is 2.10. The van der Waals surface area contributed by atoms with Gasteiger partial charge in [-0.2, -0.15) is 0 Å². The molecule has 0 heterocycles. The van der Waals surface area contributed by atoms with Crippen LogP contribution in [0.1, 0.15) is 95.9 Å². The Balaban J connectivity index is 0. The molecule has 0 aliphatic rings. The molecule has 1 atom stereocenters. The maximum atomic E-state index is 5.97. The van der Waals surface area contributed by atoms with Crippen LogP contribution in [0.3, 0.4) is 0 Å². The average Bonchev–Trinajstić information content (AvgIpc) is 2.79. The van der Waals surface area contributed by atoms with Crippen molar-refractivity contribution in [2.45, 2.75) is 93.9 Å². The Morgan fingerprint density at radius 1 is 1.00 bits per heavy atom. The molecule has 0 fully saturated rings. The summed E-state index contributed by atoms with van der Waals surface area (Å²) in [4.78, 5) is 0. The van der Waals surface area contributed by atoms with E-state index in [0.717, 1.165) is 17.4 Å². The fourth-order valence-electron chi connectivity index (χ4n) is 3.09. The number of benzene rings is 2. The minimum absolute atomic E-state index is 0.490. The van der Waals surface area contributed by atoms with Gasteiger partial charge in [0.2, 0.25) is 0 Å². The normalized spacial score (nSPS) is 11.1. The molecule has 0 aromatic heterocycles. The zero-order valence-electron chi connectivity index (χ0n) is 23.3. The summed E-state index contributed by atoms with van der Waals surface area (Å²) in [6.45, 7) is 23.5. The first-order valence-electron chi connectivity index (χ1n) is 12.5. The van der Waals surface area contributed by atoms with Crippen molar-refractivity contribution in [3.63, 3.8) is 0 Å². The van der Waals surface area contributed by atoms with Gasteiger partial charge in [0.1, 0.15) is 0 Å².